The summed E-state index contributed by atoms with van der Waals surface area (Å²) in [7, 11) is 0. The summed E-state index contributed by atoms with van der Waals surface area (Å²) >= 11 is 0. The van der Waals surface area contributed by atoms with Crippen LogP contribution in [0, 0.1) is 5.92 Å². The van der Waals surface area contributed by atoms with Crippen molar-refractivity contribution in [1.82, 2.24) is 10.2 Å². The predicted octanol–water partition coefficient (Wildman–Crippen LogP) is 1.38. The molecule has 4 heteroatoms. The Hall–Kier alpha value is -0.610. The lowest BCUT2D eigenvalue weighted by Crippen LogP contribution is -2.53. The van der Waals surface area contributed by atoms with E-state index in [1.807, 2.05) is 6.92 Å². The second-order valence-corrected chi connectivity index (χ2v) is 5.70. The molecule has 0 aromatic heterocycles. The number of carbonyl (C=O) groups is 1. The molecule has 0 aromatic carbocycles. The number of aliphatic hydroxyl groups is 1. The Morgan fingerprint density at radius 1 is 1.39 bits per heavy atom. The third kappa shape index (κ3) is 4.58. The minimum Gasteiger partial charge on any atom is -0.395 e. The molecule has 0 heterocycles. The van der Waals surface area contributed by atoms with E-state index < -0.39 is 0 Å². The topological polar surface area (TPSA) is 52.6 Å². The first-order valence-electron chi connectivity index (χ1n) is 7.20. The van der Waals surface area contributed by atoms with Gasteiger partial charge in [0.15, 0.2) is 0 Å². The van der Waals surface area contributed by atoms with Crippen LogP contribution in [0.4, 0.5) is 0 Å². The first kappa shape index (κ1) is 15.4. The molecule has 1 fully saturated rings. The number of hydrogen-bond acceptors (Lipinski definition) is 3. The van der Waals surface area contributed by atoms with Gasteiger partial charge in [0.25, 0.3) is 0 Å². The lowest BCUT2D eigenvalue weighted by Gasteiger charge is -2.40. The van der Waals surface area contributed by atoms with Crippen LogP contribution in [0.5, 0.6) is 0 Å². The summed E-state index contributed by atoms with van der Waals surface area (Å²) in [5.74, 6) is 0.705. The third-order valence-electron chi connectivity index (χ3n) is 3.80. The number of aliphatic hydroxyl groups excluding tert-OH is 1. The molecule has 0 aliphatic heterocycles. The first-order chi connectivity index (χ1) is 8.56. The molecule has 0 spiro atoms. The zero-order valence-corrected chi connectivity index (χ0v) is 12.0. The highest BCUT2D eigenvalue weighted by Crippen LogP contribution is 2.26. The maximum absolute atomic E-state index is 12.1. The summed E-state index contributed by atoms with van der Waals surface area (Å²) in [6.45, 7) is 7.73. The molecule has 106 valence electrons. The lowest BCUT2D eigenvalue weighted by molar-refractivity contribution is -0.127. The Kier molecular flexibility index (Phi) is 6.65. The van der Waals surface area contributed by atoms with Crippen LogP contribution in [-0.2, 0) is 4.79 Å². The molecule has 4 nitrogen and oxygen atoms in total. The van der Waals surface area contributed by atoms with E-state index in [0.29, 0.717) is 18.5 Å². The van der Waals surface area contributed by atoms with Crippen molar-refractivity contribution in [2.45, 2.75) is 58.5 Å². The highest BCUT2D eigenvalue weighted by molar-refractivity contribution is 5.81. The van der Waals surface area contributed by atoms with E-state index >= 15 is 0 Å². The van der Waals surface area contributed by atoms with Crippen molar-refractivity contribution in [3.8, 4) is 0 Å². The predicted molar refractivity (Wildman–Crippen MR) is 73.4 cm³/mol. The van der Waals surface area contributed by atoms with E-state index in [0.717, 1.165) is 25.8 Å². The van der Waals surface area contributed by atoms with E-state index in [-0.39, 0.29) is 18.6 Å². The van der Waals surface area contributed by atoms with Crippen LogP contribution in [0.2, 0.25) is 0 Å². The Bertz CT molecular complexity index is 252. The van der Waals surface area contributed by atoms with Gasteiger partial charge in [-0.25, -0.2) is 0 Å². The fraction of sp³-hybridized carbons (Fsp3) is 0.929. The average Bonchev–Trinajstić information content (AvgIpc) is 2.24. The van der Waals surface area contributed by atoms with E-state index in [4.69, 9.17) is 5.11 Å². The maximum atomic E-state index is 12.1. The molecule has 0 radical (unpaired) electrons. The van der Waals surface area contributed by atoms with Gasteiger partial charge in [0, 0.05) is 19.1 Å². The maximum Gasteiger partial charge on any atom is 0.237 e. The first-order valence-corrected chi connectivity index (χ1v) is 7.20. The van der Waals surface area contributed by atoms with Gasteiger partial charge in [-0.1, -0.05) is 20.3 Å². The fourth-order valence-corrected chi connectivity index (χ4v) is 2.31. The zero-order valence-electron chi connectivity index (χ0n) is 12.0. The van der Waals surface area contributed by atoms with Gasteiger partial charge in [0.1, 0.15) is 0 Å². The van der Waals surface area contributed by atoms with E-state index in [9.17, 15) is 4.79 Å². The van der Waals surface area contributed by atoms with Crippen molar-refractivity contribution in [1.29, 1.82) is 0 Å². The van der Waals surface area contributed by atoms with Crippen molar-refractivity contribution in [2.75, 3.05) is 19.7 Å². The normalized spacial score (nSPS) is 17.9. The molecular formula is C14H28N2O2. The van der Waals surface area contributed by atoms with Gasteiger partial charge in [-0.3, -0.25) is 9.69 Å². The second-order valence-electron chi connectivity index (χ2n) is 5.70. The monoisotopic (exact) mass is 256 g/mol. The van der Waals surface area contributed by atoms with E-state index in [2.05, 4.69) is 24.1 Å². The Morgan fingerprint density at radius 2 is 2.06 bits per heavy atom. The molecule has 2 N–H and O–H groups in total. The van der Waals surface area contributed by atoms with Crippen molar-refractivity contribution in [2.24, 2.45) is 5.92 Å². The largest absolute Gasteiger partial charge is 0.395 e. The van der Waals surface area contributed by atoms with Crippen molar-refractivity contribution in [3.63, 3.8) is 0 Å². The van der Waals surface area contributed by atoms with Crippen molar-refractivity contribution < 1.29 is 9.90 Å². The smallest absolute Gasteiger partial charge is 0.237 e. The molecular weight excluding hydrogens is 228 g/mol. The SMILES string of the molecule is CC(C)CCNC(=O)C(C)N(CCO)C1CCC1. The molecule has 1 saturated carbocycles. The van der Waals surface area contributed by atoms with E-state index in [1.54, 1.807) is 0 Å². The van der Waals surface area contributed by atoms with Crippen LogP contribution in [0.3, 0.4) is 0 Å². The highest BCUT2D eigenvalue weighted by Gasteiger charge is 2.31. The zero-order chi connectivity index (χ0) is 13.5. The van der Waals surface area contributed by atoms with Crippen LogP contribution in [-0.4, -0.2) is 47.7 Å². The molecule has 1 rings (SSSR count). The Balaban J connectivity index is 2.38. The van der Waals surface area contributed by atoms with Crippen molar-refractivity contribution >= 4 is 5.91 Å². The van der Waals surface area contributed by atoms with E-state index in [1.165, 1.54) is 6.42 Å². The van der Waals surface area contributed by atoms with Gasteiger partial charge in [0.2, 0.25) is 5.91 Å². The standard InChI is InChI=1S/C14H28N2O2/c1-11(2)7-8-15-14(18)12(3)16(9-10-17)13-5-4-6-13/h11-13,17H,4-10H2,1-3H3,(H,15,18). The van der Waals surface area contributed by atoms with Gasteiger partial charge in [-0.05, 0) is 32.1 Å². The number of carbonyl (C=O) groups excluding carboxylic acids is 1. The van der Waals surface area contributed by atoms with Crippen molar-refractivity contribution in [3.05, 3.63) is 0 Å². The summed E-state index contributed by atoms with van der Waals surface area (Å²) in [5.41, 5.74) is 0. The summed E-state index contributed by atoms with van der Waals surface area (Å²) in [6.07, 6.45) is 4.57. The van der Waals surface area contributed by atoms with Gasteiger partial charge in [0.05, 0.1) is 12.6 Å². The Labute approximate surface area is 111 Å². The summed E-state index contributed by atoms with van der Waals surface area (Å²) in [4.78, 5) is 14.2. The molecule has 1 atom stereocenters. The number of nitrogens with zero attached hydrogens (tertiary/aromatic N) is 1. The molecule has 1 unspecified atom stereocenters. The Morgan fingerprint density at radius 3 is 2.50 bits per heavy atom. The van der Waals surface area contributed by atoms with Crippen LogP contribution in [0.1, 0.15) is 46.5 Å². The lowest BCUT2D eigenvalue weighted by atomic mass is 9.90. The summed E-state index contributed by atoms with van der Waals surface area (Å²) in [5, 5.41) is 12.1. The summed E-state index contributed by atoms with van der Waals surface area (Å²) < 4.78 is 0. The average molecular weight is 256 g/mol. The van der Waals surface area contributed by atoms with Crippen LogP contribution in [0.15, 0.2) is 0 Å². The second kappa shape index (κ2) is 7.74. The summed E-state index contributed by atoms with van der Waals surface area (Å²) in [6, 6.07) is 0.359. The van der Waals surface area contributed by atoms with Gasteiger partial charge in [-0.2, -0.15) is 0 Å². The van der Waals surface area contributed by atoms with Gasteiger partial charge >= 0.3 is 0 Å². The van der Waals surface area contributed by atoms with Gasteiger partial charge < -0.3 is 10.4 Å². The molecule has 0 bridgehead atoms. The molecule has 1 aliphatic rings. The fourth-order valence-electron chi connectivity index (χ4n) is 2.31. The van der Waals surface area contributed by atoms with Gasteiger partial charge in [-0.15, -0.1) is 0 Å². The highest BCUT2D eigenvalue weighted by atomic mass is 16.3. The minimum absolute atomic E-state index is 0.0935. The molecule has 1 aliphatic carbocycles. The number of nitrogens with one attached hydrogen (secondary N) is 1. The third-order valence-corrected chi connectivity index (χ3v) is 3.80. The molecule has 0 aromatic rings. The molecule has 0 saturated heterocycles. The van der Waals surface area contributed by atoms with Crippen LogP contribution < -0.4 is 5.32 Å². The number of amides is 1. The molecule has 18 heavy (non-hydrogen) atoms. The van der Waals surface area contributed by atoms with Crippen LogP contribution in [0.25, 0.3) is 0 Å². The van der Waals surface area contributed by atoms with Crippen LogP contribution >= 0.6 is 0 Å². The number of rotatable bonds is 8. The minimum atomic E-state index is -0.130. The quantitative estimate of drug-likeness (QED) is 0.690. The number of hydrogen-bond donors (Lipinski definition) is 2. The molecule has 1 amide bonds.